The van der Waals surface area contributed by atoms with Crippen LogP contribution in [0.4, 0.5) is 5.69 Å². The minimum atomic E-state index is -4.09. The molecule has 0 bridgehead atoms. The smallest absolute Gasteiger partial charge is 0.264 e. The molecule has 9 heteroatoms. The Labute approximate surface area is 217 Å². The number of anilines is 1. The lowest BCUT2D eigenvalue weighted by molar-refractivity contribution is -0.139. The first-order valence-corrected chi connectivity index (χ1v) is 13.3. The number of nitrogens with zero attached hydrogens (tertiary/aromatic N) is 2. The van der Waals surface area contributed by atoms with E-state index in [1.807, 2.05) is 13.0 Å². The van der Waals surface area contributed by atoms with Crippen molar-refractivity contribution in [2.24, 2.45) is 0 Å². The second-order valence-corrected chi connectivity index (χ2v) is 10.8. The van der Waals surface area contributed by atoms with E-state index in [2.05, 4.69) is 5.32 Å². The van der Waals surface area contributed by atoms with Gasteiger partial charge in [-0.05, 0) is 56.2 Å². The molecule has 1 N–H and O–H groups in total. The molecule has 0 aliphatic carbocycles. The highest BCUT2D eigenvalue weighted by Crippen LogP contribution is 2.28. The first-order valence-electron chi connectivity index (χ1n) is 11.5. The van der Waals surface area contributed by atoms with Crippen molar-refractivity contribution in [1.29, 1.82) is 0 Å². The van der Waals surface area contributed by atoms with Crippen molar-refractivity contribution in [3.63, 3.8) is 0 Å². The summed E-state index contributed by atoms with van der Waals surface area (Å²) in [5.41, 5.74) is 2.71. The Kier molecular flexibility index (Phi) is 8.76. The van der Waals surface area contributed by atoms with Crippen molar-refractivity contribution >= 4 is 39.1 Å². The highest BCUT2D eigenvalue weighted by molar-refractivity contribution is 7.92. The van der Waals surface area contributed by atoms with Gasteiger partial charge in [-0.3, -0.25) is 13.9 Å². The van der Waals surface area contributed by atoms with Crippen LogP contribution in [0.25, 0.3) is 0 Å². The molecule has 0 radical (unpaired) electrons. The molecule has 0 heterocycles. The molecule has 7 nitrogen and oxygen atoms in total. The van der Waals surface area contributed by atoms with Crippen LogP contribution in [0.3, 0.4) is 0 Å². The van der Waals surface area contributed by atoms with Gasteiger partial charge in [0.2, 0.25) is 11.8 Å². The van der Waals surface area contributed by atoms with Crippen LogP contribution in [-0.2, 0) is 26.2 Å². The predicted molar refractivity (Wildman–Crippen MR) is 142 cm³/mol. The number of amides is 2. The number of rotatable bonds is 9. The van der Waals surface area contributed by atoms with Crippen LogP contribution in [-0.4, -0.2) is 44.8 Å². The van der Waals surface area contributed by atoms with Gasteiger partial charge in [-0.1, -0.05) is 65.7 Å². The van der Waals surface area contributed by atoms with E-state index >= 15 is 0 Å². The van der Waals surface area contributed by atoms with Gasteiger partial charge in [0.15, 0.2) is 0 Å². The molecule has 2 amide bonds. The Balaban J connectivity index is 2.07. The Morgan fingerprint density at radius 3 is 2.22 bits per heavy atom. The van der Waals surface area contributed by atoms with Crippen LogP contribution in [0.2, 0.25) is 5.02 Å². The van der Waals surface area contributed by atoms with Gasteiger partial charge < -0.3 is 10.2 Å². The topological polar surface area (TPSA) is 86.8 Å². The fourth-order valence-electron chi connectivity index (χ4n) is 3.92. The molecule has 1 unspecified atom stereocenters. The van der Waals surface area contributed by atoms with Gasteiger partial charge in [-0.15, -0.1) is 0 Å². The highest BCUT2D eigenvalue weighted by atomic mass is 35.5. The van der Waals surface area contributed by atoms with Gasteiger partial charge in [0.05, 0.1) is 10.6 Å². The predicted octanol–water partition coefficient (Wildman–Crippen LogP) is 4.32. The molecular weight excluding hydrogens is 498 g/mol. The fraction of sp³-hybridized carbons (Fsp3) is 0.259. The Bertz CT molecular complexity index is 1350. The summed E-state index contributed by atoms with van der Waals surface area (Å²) in [7, 11) is -2.61. The third-order valence-corrected chi connectivity index (χ3v) is 8.09. The van der Waals surface area contributed by atoms with E-state index in [-0.39, 0.29) is 17.3 Å². The third-order valence-electron chi connectivity index (χ3n) is 5.94. The van der Waals surface area contributed by atoms with Gasteiger partial charge in [0.1, 0.15) is 12.6 Å². The number of hydrogen-bond donors (Lipinski definition) is 1. The van der Waals surface area contributed by atoms with Crippen LogP contribution in [0.15, 0.2) is 77.7 Å². The minimum Gasteiger partial charge on any atom is -0.357 e. The van der Waals surface area contributed by atoms with Crippen molar-refractivity contribution in [3.05, 3.63) is 94.5 Å². The number of carbonyl (C=O) groups is 2. The van der Waals surface area contributed by atoms with Crippen LogP contribution in [0.5, 0.6) is 0 Å². The van der Waals surface area contributed by atoms with Crippen molar-refractivity contribution in [3.8, 4) is 0 Å². The summed E-state index contributed by atoms with van der Waals surface area (Å²) < 4.78 is 28.6. The van der Waals surface area contributed by atoms with Crippen molar-refractivity contribution in [2.45, 2.75) is 38.3 Å². The summed E-state index contributed by atoms with van der Waals surface area (Å²) in [6.45, 7) is 4.86. The first kappa shape index (κ1) is 27.2. The summed E-state index contributed by atoms with van der Waals surface area (Å²) >= 11 is 6.34. The van der Waals surface area contributed by atoms with Crippen LogP contribution in [0.1, 0.15) is 23.6 Å². The molecule has 0 fully saturated rings. The number of likely N-dealkylation sites (N-methyl/N-ethyl adjacent to an activating group) is 1. The second-order valence-electron chi connectivity index (χ2n) is 8.52. The molecule has 3 aromatic carbocycles. The number of sulfonamides is 1. The number of aryl methyl sites for hydroxylation is 2. The number of hydrogen-bond acceptors (Lipinski definition) is 4. The molecule has 1 atom stereocenters. The lowest BCUT2D eigenvalue weighted by Gasteiger charge is -2.32. The Hall–Kier alpha value is -3.36. The Morgan fingerprint density at radius 1 is 0.972 bits per heavy atom. The van der Waals surface area contributed by atoms with Crippen molar-refractivity contribution in [1.82, 2.24) is 10.2 Å². The van der Waals surface area contributed by atoms with Crippen molar-refractivity contribution < 1.29 is 18.0 Å². The summed E-state index contributed by atoms with van der Waals surface area (Å²) in [6.07, 6.45) is 0. The Morgan fingerprint density at radius 2 is 1.61 bits per heavy atom. The number of nitrogens with one attached hydrogen (secondary N) is 1. The van der Waals surface area contributed by atoms with E-state index in [4.69, 9.17) is 11.6 Å². The number of halogens is 1. The second kappa shape index (κ2) is 11.6. The van der Waals surface area contributed by atoms with E-state index in [1.165, 1.54) is 24.1 Å². The minimum absolute atomic E-state index is 0.0409. The molecular formula is C27H30ClN3O4S. The standard InChI is InChI=1S/C27H30ClN3O4S/c1-19-14-15-25(20(2)16-19)31(36(34,35)23-11-6-5-7-12-23)18-26(32)30(21(3)27(33)29-4)17-22-10-8-9-13-24(22)28/h5-16,21H,17-18H2,1-4H3,(H,29,33). The van der Waals surface area contributed by atoms with Crippen molar-refractivity contribution in [2.75, 3.05) is 17.9 Å². The van der Waals surface area contributed by atoms with Gasteiger partial charge in [-0.25, -0.2) is 8.42 Å². The molecule has 0 spiro atoms. The molecule has 3 rings (SSSR count). The maximum absolute atomic E-state index is 13.8. The summed E-state index contributed by atoms with van der Waals surface area (Å²) in [6, 6.07) is 19.5. The molecule has 0 saturated carbocycles. The van der Waals surface area contributed by atoms with E-state index < -0.39 is 28.5 Å². The molecule has 0 aliphatic heterocycles. The number of benzene rings is 3. The zero-order valence-electron chi connectivity index (χ0n) is 20.7. The average molecular weight is 528 g/mol. The zero-order valence-corrected chi connectivity index (χ0v) is 22.3. The molecule has 0 aliphatic rings. The summed E-state index contributed by atoms with van der Waals surface area (Å²) in [4.78, 5) is 27.7. The summed E-state index contributed by atoms with van der Waals surface area (Å²) in [5, 5.41) is 3.01. The number of carbonyl (C=O) groups excluding carboxylic acids is 2. The molecule has 0 saturated heterocycles. The maximum atomic E-state index is 13.8. The van der Waals surface area contributed by atoms with Crippen LogP contribution < -0.4 is 9.62 Å². The van der Waals surface area contributed by atoms with E-state index in [0.29, 0.717) is 21.8 Å². The molecule has 190 valence electrons. The van der Waals surface area contributed by atoms with Crippen LogP contribution in [0, 0.1) is 13.8 Å². The normalized spacial score (nSPS) is 12.0. The van der Waals surface area contributed by atoms with Gasteiger partial charge in [0.25, 0.3) is 10.0 Å². The van der Waals surface area contributed by atoms with Crippen LogP contribution >= 0.6 is 11.6 Å². The largest absolute Gasteiger partial charge is 0.357 e. The van der Waals surface area contributed by atoms with E-state index in [1.54, 1.807) is 68.4 Å². The zero-order chi connectivity index (χ0) is 26.5. The molecule has 0 aromatic heterocycles. The average Bonchev–Trinajstić information content (AvgIpc) is 2.86. The first-order chi connectivity index (χ1) is 17.1. The monoisotopic (exact) mass is 527 g/mol. The lowest BCUT2D eigenvalue weighted by atomic mass is 10.1. The van der Waals surface area contributed by atoms with Gasteiger partial charge >= 0.3 is 0 Å². The lowest BCUT2D eigenvalue weighted by Crippen LogP contribution is -2.50. The molecule has 3 aromatic rings. The van der Waals surface area contributed by atoms with Gasteiger partial charge in [-0.2, -0.15) is 0 Å². The summed E-state index contributed by atoms with van der Waals surface area (Å²) in [5.74, 6) is -0.912. The maximum Gasteiger partial charge on any atom is 0.264 e. The molecule has 36 heavy (non-hydrogen) atoms. The quantitative estimate of drug-likeness (QED) is 0.449. The fourth-order valence-corrected chi connectivity index (χ4v) is 5.62. The van der Waals surface area contributed by atoms with Gasteiger partial charge in [0, 0.05) is 18.6 Å². The van der Waals surface area contributed by atoms with E-state index in [9.17, 15) is 18.0 Å². The highest BCUT2D eigenvalue weighted by Gasteiger charge is 2.33. The third kappa shape index (κ3) is 6.06. The van der Waals surface area contributed by atoms with E-state index in [0.717, 1.165) is 9.87 Å². The SMILES string of the molecule is CNC(=O)C(C)N(Cc1ccccc1Cl)C(=O)CN(c1ccc(C)cc1C)S(=O)(=O)c1ccccc1.